The maximum atomic E-state index is 9.74. The minimum absolute atomic E-state index is 0.0978. The lowest BCUT2D eigenvalue weighted by Crippen LogP contribution is -2.38. The summed E-state index contributed by atoms with van der Waals surface area (Å²) in [5.41, 5.74) is 0.987. The fourth-order valence-electron chi connectivity index (χ4n) is 4.08. The Bertz CT molecular complexity index is 588. The number of hydrogen-bond acceptors (Lipinski definition) is 5. The van der Waals surface area contributed by atoms with Crippen LogP contribution in [0.5, 0.6) is 11.5 Å². The second-order valence-electron chi connectivity index (χ2n) is 6.51. The van der Waals surface area contributed by atoms with Crippen LogP contribution in [0.15, 0.2) is 18.2 Å². The fraction of sp³-hybridized carbons (Fsp3) is 0.625. The summed E-state index contributed by atoms with van der Waals surface area (Å²) in [6.07, 6.45) is 0.763. The first-order chi connectivity index (χ1) is 9.94. The van der Waals surface area contributed by atoms with Crippen LogP contribution in [-0.4, -0.2) is 30.4 Å². The van der Waals surface area contributed by atoms with E-state index in [-0.39, 0.29) is 17.8 Å². The van der Waals surface area contributed by atoms with Crippen molar-refractivity contribution < 1.29 is 24.1 Å². The number of ether oxygens (including phenoxy) is 4. The zero-order valence-corrected chi connectivity index (χ0v) is 12.5. The van der Waals surface area contributed by atoms with Gasteiger partial charge in [0.05, 0.1) is 19.8 Å². The summed E-state index contributed by atoms with van der Waals surface area (Å²) in [4.78, 5) is 0. The Labute approximate surface area is 123 Å². The van der Waals surface area contributed by atoms with Gasteiger partial charge in [-0.2, -0.15) is 0 Å². The van der Waals surface area contributed by atoms with Crippen LogP contribution in [0.25, 0.3) is 0 Å². The summed E-state index contributed by atoms with van der Waals surface area (Å²) in [7, 11) is 1.54. The topological polar surface area (TPSA) is 57.2 Å². The molecule has 0 amide bonds. The van der Waals surface area contributed by atoms with E-state index in [2.05, 4.69) is 0 Å². The van der Waals surface area contributed by atoms with Crippen LogP contribution in [0, 0.1) is 11.8 Å². The van der Waals surface area contributed by atoms with Gasteiger partial charge in [-0.25, -0.2) is 0 Å². The molecule has 3 heterocycles. The highest BCUT2D eigenvalue weighted by atomic mass is 16.8. The molecule has 21 heavy (non-hydrogen) atoms. The predicted molar refractivity (Wildman–Crippen MR) is 73.9 cm³/mol. The average Bonchev–Trinajstić information content (AvgIpc) is 2.81. The zero-order valence-electron chi connectivity index (χ0n) is 12.5. The van der Waals surface area contributed by atoms with Gasteiger partial charge in [-0.3, -0.25) is 0 Å². The number of aromatic hydroxyl groups is 1. The van der Waals surface area contributed by atoms with Crippen LogP contribution >= 0.6 is 0 Å². The number of rotatable bonds is 2. The Morgan fingerprint density at radius 3 is 2.90 bits per heavy atom. The van der Waals surface area contributed by atoms with Crippen LogP contribution < -0.4 is 4.74 Å². The van der Waals surface area contributed by atoms with Crippen LogP contribution in [0.2, 0.25) is 0 Å². The average molecular weight is 292 g/mol. The summed E-state index contributed by atoms with van der Waals surface area (Å²) in [6, 6.07) is 5.35. The molecule has 4 rings (SSSR count). The number of phenols is 1. The van der Waals surface area contributed by atoms with Crippen molar-refractivity contribution in [1.82, 2.24) is 0 Å². The van der Waals surface area contributed by atoms with Gasteiger partial charge in [0.25, 0.3) is 0 Å². The van der Waals surface area contributed by atoms with Crippen LogP contribution in [0.1, 0.15) is 31.9 Å². The number of methoxy groups -OCH3 is 1. The normalized spacial score (nSPS) is 44.0. The smallest absolute Gasteiger partial charge is 0.173 e. The molecular formula is C16H20O5. The quantitative estimate of drug-likeness (QED) is 0.908. The number of benzene rings is 1. The Balaban J connectivity index is 1.69. The second-order valence-corrected chi connectivity index (χ2v) is 6.51. The molecule has 0 spiro atoms. The summed E-state index contributed by atoms with van der Waals surface area (Å²) < 4.78 is 23.4. The molecule has 0 radical (unpaired) electrons. The molecule has 114 valence electrons. The van der Waals surface area contributed by atoms with Gasteiger partial charge in [0, 0.05) is 18.3 Å². The second kappa shape index (κ2) is 4.12. The first-order valence-electron chi connectivity index (χ1n) is 7.33. The first-order valence-corrected chi connectivity index (χ1v) is 7.33. The Hall–Kier alpha value is -1.30. The van der Waals surface area contributed by atoms with Gasteiger partial charge in [0.2, 0.25) is 0 Å². The predicted octanol–water partition coefficient (Wildman–Crippen LogP) is 2.59. The molecule has 2 bridgehead atoms. The third-order valence-corrected chi connectivity index (χ3v) is 5.06. The maximum Gasteiger partial charge on any atom is 0.173 e. The Kier molecular flexibility index (Phi) is 2.62. The largest absolute Gasteiger partial charge is 0.504 e. The molecule has 5 unspecified atom stereocenters. The van der Waals surface area contributed by atoms with E-state index in [1.807, 2.05) is 26.0 Å². The van der Waals surface area contributed by atoms with E-state index < -0.39 is 11.6 Å². The third-order valence-electron chi connectivity index (χ3n) is 5.06. The van der Waals surface area contributed by atoms with Gasteiger partial charge in [-0.15, -0.1) is 0 Å². The number of fused-ring (bicyclic) bond motifs is 1. The first kappa shape index (κ1) is 13.4. The van der Waals surface area contributed by atoms with Gasteiger partial charge >= 0.3 is 0 Å². The van der Waals surface area contributed by atoms with Gasteiger partial charge < -0.3 is 24.1 Å². The van der Waals surface area contributed by atoms with Crippen molar-refractivity contribution in [1.29, 1.82) is 0 Å². The van der Waals surface area contributed by atoms with Crippen molar-refractivity contribution >= 4 is 0 Å². The lowest BCUT2D eigenvalue weighted by Gasteiger charge is -2.35. The van der Waals surface area contributed by atoms with E-state index in [0.29, 0.717) is 18.3 Å². The van der Waals surface area contributed by atoms with E-state index in [0.717, 1.165) is 12.0 Å². The standard InChI is InChI=1S/C16H20O5/c1-15-7-11-10(8-19-15)14(20-16(11,2)21-15)9-4-5-12(17)13(6-9)18-3/h4-6,10-11,14,17H,7-8H2,1-3H3. The van der Waals surface area contributed by atoms with E-state index in [1.165, 1.54) is 0 Å². The van der Waals surface area contributed by atoms with Crippen LogP contribution in [-0.2, 0) is 14.2 Å². The van der Waals surface area contributed by atoms with Gasteiger partial charge in [-0.1, -0.05) is 6.07 Å². The molecule has 0 saturated carbocycles. The molecule has 3 aliphatic rings. The summed E-state index contributed by atoms with van der Waals surface area (Å²) in [6.45, 7) is 4.61. The van der Waals surface area contributed by atoms with E-state index in [1.54, 1.807) is 13.2 Å². The monoisotopic (exact) mass is 292 g/mol. The van der Waals surface area contributed by atoms with Crippen LogP contribution in [0.4, 0.5) is 0 Å². The van der Waals surface area contributed by atoms with Crippen molar-refractivity contribution in [3.8, 4) is 11.5 Å². The lowest BCUT2D eigenvalue weighted by molar-refractivity contribution is -0.320. The van der Waals surface area contributed by atoms with E-state index in [9.17, 15) is 5.11 Å². The van der Waals surface area contributed by atoms with Gasteiger partial charge in [0.15, 0.2) is 23.1 Å². The molecule has 1 aromatic rings. The van der Waals surface area contributed by atoms with Crippen molar-refractivity contribution in [3.05, 3.63) is 23.8 Å². The number of phenolic OH excluding ortho intramolecular Hbond substituents is 1. The Morgan fingerprint density at radius 1 is 1.33 bits per heavy atom. The minimum atomic E-state index is -0.592. The molecule has 5 nitrogen and oxygen atoms in total. The molecule has 0 aromatic heterocycles. The van der Waals surface area contributed by atoms with E-state index in [4.69, 9.17) is 18.9 Å². The van der Waals surface area contributed by atoms with Crippen LogP contribution in [0.3, 0.4) is 0 Å². The van der Waals surface area contributed by atoms with Crippen molar-refractivity contribution in [2.45, 2.75) is 37.9 Å². The highest BCUT2D eigenvalue weighted by Gasteiger charge is 2.65. The number of hydrogen-bond donors (Lipinski definition) is 1. The summed E-state index contributed by atoms with van der Waals surface area (Å²) in [5.74, 6) is 0.0928. The molecule has 5 atom stereocenters. The molecule has 3 aliphatic heterocycles. The molecule has 3 saturated heterocycles. The molecular weight excluding hydrogens is 272 g/mol. The molecule has 5 heteroatoms. The highest BCUT2D eigenvalue weighted by Crippen LogP contribution is 2.60. The lowest BCUT2D eigenvalue weighted by atomic mass is 9.80. The van der Waals surface area contributed by atoms with Crippen molar-refractivity contribution in [3.63, 3.8) is 0 Å². The van der Waals surface area contributed by atoms with Crippen molar-refractivity contribution in [2.75, 3.05) is 13.7 Å². The molecule has 0 aliphatic carbocycles. The summed E-state index contributed by atoms with van der Waals surface area (Å²) >= 11 is 0. The van der Waals surface area contributed by atoms with Crippen molar-refractivity contribution in [2.24, 2.45) is 11.8 Å². The zero-order chi connectivity index (χ0) is 14.8. The minimum Gasteiger partial charge on any atom is -0.504 e. The SMILES string of the molecule is COc1cc(C2OC3(C)OC4(C)CC3C2CO4)ccc1O. The Morgan fingerprint density at radius 2 is 2.14 bits per heavy atom. The van der Waals surface area contributed by atoms with Gasteiger partial charge in [0.1, 0.15) is 0 Å². The third kappa shape index (κ3) is 1.81. The van der Waals surface area contributed by atoms with E-state index >= 15 is 0 Å². The van der Waals surface area contributed by atoms with Gasteiger partial charge in [-0.05, 0) is 31.5 Å². The molecule has 3 fully saturated rings. The fourth-order valence-corrected chi connectivity index (χ4v) is 4.08. The maximum absolute atomic E-state index is 9.74. The molecule has 1 aromatic carbocycles. The highest BCUT2D eigenvalue weighted by molar-refractivity contribution is 5.43. The molecule has 1 N–H and O–H groups in total. The summed E-state index contributed by atoms with van der Waals surface area (Å²) in [5, 5.41) is 9.74.